The van der Waals surface area contributed by atoms with E-state index in [2.05, 4.69) is 5.32 Å². The van der Waals surface area contributed by atoms with Crippen molar-refractivity contribution < 1.29 is 14.6 Å². The molecule has 1 amide bonds. The van der Waals surface area contributed by atoms with Crippen LogP contribution >= 0.6 is 0 Å². The fourth-order valence-electron chi connectivity index (χ4n) is 1.62. The summed E-state index contributed by atoms with van der Waals surface area (Å²) in [6.45, 7) is 0.880. The molecule has 0 unspecified atom stereocenters. The highest BCUT2D eigenvalue weighted by Gasteiger charge is 2.02. The molecule has 0 saturated carbocycles. The van der Waals surface area contributed by atoms with Gasteiger partial charge in [-0.1, -0.05) is 18.9 Å². The highest BCUT2D eigenvalue weighted by atomic mass is 16.5. The molecule has 1 rings (SSSR count). The Morgan fingerprint density at radius 1 is 1.26 bits per heavy atom. The molecular weight excluding hydrogens is 244 g/mol. The Morgan fingerprint density at radius 2 is 2.05 bits per heavy atom. The summed E-state index contributed by atoms with van der Waals surface area (Å²) in [7, 11) is 0. The third-order valence-corrected chi connectivity index (χ3v) is 2.64. The van der Waals surface area contributed by atoms with E-state index in [-0.39, 0.29) is 19.1 Å². The third-order valence-electron chi connectivity index (χ3n) is 2.64. The van der Waals surface area contributed by atoms with E-state index >= 15 is 0 Å². The zero-order chi connectivity index (χ0) is 13.9. The number of amides is 1. The number of ether oxygens (including phenoxy) is 1. The summed E-state index contributed by atoms with van der Waals surface area (Å²) in [6, 6.07) is 6.99. The van der Waals surface area contributed by atoms with Crippen molar-refractivity contribution in [2.45, 2.75) is 25.7 Å². The standard InChI is InChI=1S/C14H22N2O3/c15-12-6-5-7-13(10-12)19-11-14(18)16-8-3-1-2-4-9-17/h5-7,10,17H,1-4,8-9,11,15H2,(H,16,18). The lowest BCUT2D eigenvalue weighted by Crippen LogP contribution is -2.29. The van der Waals surface area contributed by atoms with Crippen molar-refractivity contribution in [3.05, 3.63) is 24.3 Å². The second kappa shape index (κ2) is 9.22. The van der Waals surface area contributed by atoms with Gasteiger partial charge in [0.25, 0.3) is 5.91 Å². The van der Waals surface area contributed by atoms with Crippen LogP contribution in [0.4, 0.5) is 5.69 Å². The molecule has 0 fully saturated rings. The van der Waals surface area contributed by atoms with Gasteiger partial charge in [-0.15, -0.1) is 0 Å². The predicted octanol–water partition coefficient (Wildman–Crippen LogP) is 1.32. The molecule has 106 valence electrons. The number of nitrogens with one attached hydrogen (secondary N) is 1. The molecule has 0 radical (unpaired) electrons. The summed E-state index contributed by atoms with van der Waals surface area (Å²) < 4.78 is 5.32. The molecule has 5 nitrogen and oxygen atoms in total. The maximum atomic E-state index is 11.5. The lowest BCUT2D eigenvalue weighted by atomic mass is 10.2. The van der Waals surface area contributed by atoms with Gasteiger partial charge < -0.3 is 20.9 Å². The predicted molar refractivity (Wildman–Crippen MR) is 74.9 cm³/mol. The number of carbonyl (C=O) groups excluding carboxylic acids is 1. The number of anilines is 1. The average Bonchev–Trinajstić information content (AvgIpc) is 2.40. The molecule has 4 N–H and O–H groups in total. The third kappa shape index (κ3) is 7.31. The number of aliphatic hydroxyl groups excluding tert-OH is 1. The maximum absolute atomic E-state index is 11.5. The van der Waals surface area contributed by atoms with Crippen LogP contribution in [-0.4, -0.2) is 30.8 Å². The van der Waals surface area contributed by atoms with E-state index < -0.39 is 0 Å². The van der Waals surface area contributed by atoms with E-state index in [1.54, 1.807) is 24.3 Å². The highest BCUT2D eigenvalue weighted by molar-refractivity contribution is 5.77. The highest BCUT2D eigenvalue weighted by Crippen LogP contribution is 2.13. The van der Waals surface area contributed by atoms with Crippen LogP contribution in [-0.2, 0) is 4.79 Å². The maximum Gasteiger partial charge on any atom is 0.257 e. The van der Waals surface area contributed by atoms with Crippen LogP contribution in [0, 0.1) is 0 Å². The van der Waals surface area contributed by atoms with Gasteiger partial charge in [-0.2, -0.15) is 0 Å². The number of aliphatic hydroxyl groups is 1. The van der Waals surface area contributed by atoms with Crippen LogP contribution in [0.1, 0.15) is 25.7 Å². The van der Waals surface area contributed by atoms with Crippen LogP contribution in [0.25, 0.3) is 0 Å². The summed E-state index contributed by atoms with van der Waals surface area (Å²) in [5.74, 6) is 0.461. The van der Waals surface area contributed by atoms with E-state index in [0.29, 0.717) is 18.0 Å². The molecule has 19 heavy (non-hydrogen) atoms. The number of benzene rings is 1. The van der Waals surface area contributed by atoms with E-state index in [4.69, 9.17) is 15.6 Å². The number of hydrogen-bond acceptors (Lipinski definition) is 4. The van der Waals surface area contributed by atoms with E-state index in [9.17, 15) is 4.79 Å². The molecule has 0 aromatic heterocycles. The topological polar surface area (TPSA) is 84.6 Å². The first-order chi connectivity index (χ1) is 9.22. The van der Waals surface area contributed by atoms with Gasteiger partial charge in [0.2, 0.25) is 0 Å². The largest absolute Gasteiger partial charge is 0.484 e. The van der Waals surface area contributed by atoms with Crippen LogP contribution < -0.4 is 15.8 Å². The molecule has 1 aromatic rings. The fraction of sp³-hybridized carbons (Fsp3) is 0.500. The first-order valence-corrected chi connectivity index (χ1v) is 6.58. The normalized spacial score (nSPS) is 10.2. The van der Waals surface area contributed by atoms with Gasteiger partial charge in [0.1, 0.15) is 5.75 Å². The number of unbranched alkanes of at least 4 members (excludes halogenated alkanes) is 3. The molecule has 1 aromatic carbocycles. The van der Waals surface area contributed by atoms with Crippen LogP contribution in [0.15, 0.2) is 24.3 Å². The Morgan fingerprint density at radius 3 is 2.79 bits per heavy atom. The molecule has 5 heteroatoms. The minimum atomic E-state index is -0.135. The molecule has 0 spiro atoms. The summed E-state index contributed by atoms with van der Waals surface area (Å²) in [5, 5.41) is 11.4. The van der Waals surface area contributed by atoms with Crippen molar-refractivity contribution in [3.8, 4) is 5.75 Å². The number of rotatable bonds is 9. The van der Waals surface area contributed by atoms with Gasteiger partial charge in [0.15, 0.2) is 6.61 Å². The zero-order valence-electron chi connectivity index (χ0n) is 11.1. The first-order valence-electron chi connectivity index (χ1n) is 6.58. The summed E-state index contributed by atoms with van der Waals surface area (Å²) in [5.41, 5.74) is 6.22. The Kier molecular flexibility index (Phi) is 7.43. The van der Waals surface area contributed by atoms with Gasteiger partial charge in [0.05, 0.1) is 0 Å². The van der Waals surface area contributed by atoms with Gasteiger partial charge in [-0.3, -0.25) is 4.79 Å². The first kappa shape index (κ1) is 15.3. The molecule has 0 atom stereocenters. The molecule has 0 heterocycles. The van der Waals surface area contributed by atoms with Gasteiger partial charge in [0, 0.05) is 24.9 Å². The van der Waals surface area contributed by atoms with Crippen molar-refractivity contribution in [3.63, 3.8) is 0 Å². The molecular formula is C14H22N2O3. The molecule has 0 saturated heterocycles. The molecule has 0 aliphatic carbocycles. The second-order valence-corrected chi connectivity index (χ2v) is 4.35. The van der Waals surface area contributed by atoms with Gasteiger partial charge in [-0.25, -0.2) is 0 Å². The summed E-state index contributed by atoms with van der Waals surface area (Å²) in [6.07, 6.45) is 3.75. The average molecular weight is 266 g/mol. The zero-order valence-corrected chi connectivity index (χ0v) is 11.1. The molecule has 0 aliphatic rings. The van der Waals surface area contributed by atoms with Crippen molar-refractivity contribution in [2.24, 2.45) is 0 Å². The SMILES string of the molecule is Nc1cccc(OCC(=O)NCCCCCCO)c1. The lowest BCUT2D eigenvalue weighted by molar-refractivity contribution is -0.123. The summed E-state index contributed by atoms with van der Waals surface area (Å²) in [4.78, 5) is 11.5. The van der Waals surface area contributed by atoms with Crippen molar-refractivity contribution in [1.82, 2.24) is 5.32 Å². The molecule has 0 bridgehead atoms. The number of carbonyl (C=O) groups is 1. The van der Waals surface area contributed by atoms with E-state index in [0.717, 1.165) is 25.7 Å². The van der Waals surface area contributed by atoms with Gasteiger partial charge in [-0.05, 0) is 25.0 Å². The lowest BCUT2D eigenvalue weighted by Gasteiger charge is -2.07. The second-order valence-electron chi connectivity index (χ2n) is 4.35. The van der Waals surface area contributed by atoms with Crippen LogP contribution in [0.5, 0.6) is 5.75 Å². The Bertz CT molecular complexity index is 383. The minimum absolute atomic E-state index is 0.0000926. The van der Waals surface area contributed by atoms with Gasteiger partial charge >= 0.3 is 0 Å². The Balaban J connectivity index is 2.08. The Labute approximate surface area is 113 Å². The van der Waals surface area contributed by atoms with Crippen molar-refractivity contribution >= 4 is 11.6 Å². The quantitative estimate of drug-likeness (QED) is 0.465. The van der Waals surface area contributed by atoms with E-state index in [1.807, 2.05) is 0 Å². The monoisotopic (exact) mass is 266 g/mol. The van der Waals surface area contributed by atoms with E-state index in [1.165, 1.54) is 0 Å². The van der Waals surface area contributed by atoms with Crippen molar-refractivity contribution in [2.75, 3.05) is 25.5 Å². The summed E-state index contributed by atoms with van der Waals surface area (Å²) >= 11 is 0. The smallest absolute Gasteiger partial charge is 0.257 e. The molecule has 0 aliphatic heterocycles. The fourth-order valence-corrected chi connectivity index (χ4v) is 1.62. The van der Waals surface area contributed by atoms with Crippen LogP contribution in [0.2, 0.25) is 0 Å². The van der Waals surface area contributed by atoms with Crippen molar-refractivity contribution in [1.29, 1.82) is 0 Å². The number of nitrogen functional groups attached to an aromatic ring is 1. The van der Waals surface area contributed by atoms with Crippen LogP contribution in [0.3, 0.4) is 0 Å². The minimum Gasteiger partial charge on any atom is -0.484 e. The number of hydrogen-bond donors (Lipinski definition) is 3. The number of nitrogens with two attached hydrogens (primary N) is 1. The Hall–Kier alpha value is -1.75.